The molecule has 2 aromatic rings. The maximum Gasteiger partial charge on any atom is 0.173 e. The number of hydrogen-bond donors (Lipinski definition) is 0. The minimum atomic E-state index is 0. The maximum absolute atomic E-state index is 2.50. The Morgan fingerprint density at radius 3 is 2.04 bits per heavy atom. The fraction of sp³-hybridized carbons (Fsp3) is 0.389. The van der Waals surface area contributed by atoms with E-state index in [4.69, 9.17) is 0 Å². The molecule has 0 unspecified atom stereocenters. The second-order valence-electron chi connectivity index (χ2n) is 6.58. The summed E-state index contributed by atoms with van der Waals surface area (Å²) >= 11 is 0. The molecule has 0 N–H and O–H groups in total. The van der Waals surface area contributed by atoms with Crippen molar-refractivity contribution in [2.45, 2.75) is 6.54 Å². The molecule has 0 aliphatic carbocycles. The fourth-order valence-electron chi connectivity index (χ4n) is 2.82. The van der Waals surface area contributed by atoms with Gasteiger partial charge in [-0.15, -0.1) is 0 Å². The zero-order chi connectivity index (χ0) is 14.7. The minimum absolute atomic E-state index is 0. The Labute approximate surface area is 152 Å². The molecule has 0 bridgehead atoms. The van der Waals surface area contributed by atoms with Crippen molar-refractivity contribution in [3.05, 3.63) is 60.4 Å². The highest BCUT2D eigenvalue weighted by molar-refractivity contribution is 5.43. The average molecular weight is 354 g/mol. The molecule has 23 heavy (non-hydrogen) atoms. The monoisotopic (exact) mass is 353 g/mol. The van der Waals surface area contributed by atoms with Crippen molar-refractivity contribution in [1.29, 1.82) is 0 Å². The molecule has 0 saturated carbocycles. The van der Waals surface area contributed by atoms with Gasteiger partial charge in [0.2, 0.25) is 0 Å². The fourth-order valence-corrected chi connectivity index (χ4v) is 2.82. The summed E-state index contributed by atoms with van der Waals surface area (Å²) in [6, 6.07) is 15.1. The van der Waals surface area contributed by atoms with E-state index in [0.29, 0.717) is 0 Å². The highest BCUT2D eigenvalue weighted by atomic mass is 35.5. The van der Waals surface area contributed by atoms with E-state index in [1.165, 1.54) is 24.3 Å². The lowest BCUT2D eigenvalue weighted by molar-refractivity contribution is -0.890. The lowest BCUT2D eigenvalue weighted by Crippen LogP contribution is -3.00. The zero-order valence-electron chi connectivity index (χ0n) is 13.8. The molecule has 2 heterocycles. The van der Waals surface area contributed by atoms with Crippen molar-refractivity contribution in [3.63, 3.8) is 0 Å². The van der Waals surface area contributed by atoms with E-state index in [0.717, 1.165) is 24.1 Å². The van der Waals surface area contributed by atoms with Gasteiger partial charge in [-0.25, -0.2) is 4.57 Å². The van der Waals surface area contributed by atoms with E-state index in [-0.39, 0.29) is 24.8 Å². The van der Waals surface area contributed by atoms with Gasteiger partial charge in [0.15, 0.2) is 18.9 Å². The molecule has 5 heteroatoms. The van der Waals surface area contributed by atoms with Crippen LogP contribution in [0.15, 0.2) is 54.9 Å². The van der Waals surface area contributed by atoms with Gasteiger partial charge >= 0.3 is 0 Å². The van der Waals surface area contributed by atoms with Crippen LogP contribution < -0.4 is 34.3 Å². The Morgan fingerprint density at radius 2 is 1.48 bits per heavy atom. The summed E-state index contributed by atoms with van der Waals surface area (Å²) in [4.78, 5) is 2.50. The van der Waals surface area contributed by atoms with Gasteiger partial charge in [0.1, 0.15) is 0 Å². The van der Waals surface area contributed by atoms with Gasteiger partial charge in [0, 0.05) is 23.4 Å². The minimum Gasteiger partial charge on any atom is -1.00 e. The molecular weight excluding hydrogens is 329 g/mol. The molecular formula is C18H25Cl2N3. The summed E-state index contributed by atoms with van der Waals surface area (Å²) in [7, 11) is 4.63. The Bertz CT molecular complexity index is 575. The summed E-state index contributed by atoms with van der Waals surface area (Å²) in [5, 5.41) is 0. The normalized spacial score (nSPS) is 16.2. The number of aromatic nitrogens is 1. The van der Waals surface area contributed by atoms with Crippen molar-refractivity contribution in [2.75, 3.05) is 45.2 Å². The van der Waals surface area contributed by atoms with Gasteiger partial charge < -0.3 is 34.2 Å². The maximum atomic E-state index is 2.50. The molecule has 1 aliphatic heterocycles. The molecule has 1 fully saturated rings. The number of hydrogen-bond acceptors (Lipinski definition) is 1. The lowest BCUT2D eigenvalue weighted by atomic mass is 10.2. The quantitative estimate of drug-likeness (QED) is 0.402. The van der Waals surface area contributed by atoms with Crippen LogP contribution in [0.3, 0.4) is 0 Å². The van der Waals surface area contributed by atoms with Gasteiger partial charge in [-0.2, -0.15) is 0 Å². The standard InChI is InChI=1S/C18H25N3.2ClH/c1-21(2)14-12-20(13-15-21)18-8-10-19(11-9-18)16-17-6-4-3-5-7-17;;/h3-11H,12-16H2,1-2H3;2*1H/q+2;;/p-2. The second-order valence-corrected chi connectivity index (χ2v) is 6.58. The first-order valence-electron chi connectivity index (χ1n) is 7.72. The number of anilines is 1. The molecule has 0 radical (unpaired) electrons. The first kappa shape index (κ1) is 19.8. The topological polar surface area (TPSA) is 7.12 Å². The van der Waals surface area contributed by atoms with Gasteiger partial charge in [-0.3, -0.25) is 0 Å². The van der Waals surface area contributed by atoms with Gasteiger partial charge in [0.05, 0.1) is 40.3 Å². The van der Waals surface area contributed by atoms with Crippen LogP contribution in [0.1, 0.15) is 5.56 Å². The molecule has 1 aromatic heterocycles. The van der Waals surface area contributed by atoms with E-state index in [1.54, 1.807) is 0 Å². The smallest absolute Gasteiger partial charge is 0.173 e. The summed E-state index contributed by atoms with van der Waals surface area (Å²) in [5.74, 6) is 0. The molecule has 126 valence electrons. The summed E-state index contributed by atoms with van der Waals surface area (Å²) < 4.78 is 3.38. The third-order valence-corrected chi connectivity index (χ3v) is 4.40. The Hall–Kier alpha value is -1.29. The Balaban J connectivity index is 0.00000132. The van der Waals surface area contributed by atoms with Gasteiger partial charge in [0.25, 0.3) is 0 Å². The van der Waals surface area contributed by atoms with Crippen LogP contribution >= 0.6 is 0 Å². The van der Waals surface area contributed by atoms with Crippen LogP contribution in [0, 0.1) is 0 Å². The van der Waals surface area contributed by atoms with Crippen molar-refractivity contribution in [2.24, 2.45) is 0 Å². The first-order valence-corrected chi connectivity index (χ1v) is 7.72. The highest BCUT2D eigenvalue weighted by Crippen LogP contribution is 2.16. The van der Waals surface area contributed by atoms with Crippen LogP contribution in [0.5, 0.6) is 0 Å². The molecule has 1 aromatic carbocycles. The van der Waals surface area contributed by atoms with Crippen molar-refractivity contribution in [1.82, 2.24) is 0 Å². The van der Waals surface area contributed by atoms with Gasteiger partial charge in [-0.05, 0) is 0 Å². The number of rotatable bonds is 3. The second kappa shape index (κ2) is 8.53. The van der Waals surface area contributed by atoms with E-state index in [9.17, 15) is 0 Å². The van der Waals surface area contributed by atoms with Gasteiger partial charge in [-0.1, -0.05) is 30.3 Å². The predicted octanol–water partition coefficient (Wildman–Crippen LogP) is -4.07. The Kier molecular flexibility index (Phi) is 7.33. The zero-order valence-corrected chi connectivity index (χ0v) is 15.3. The molecule has 3 nitrogen and oxygen atoms in total. The number of quaternary nitrogens is 1. The third-order valence-electron chi connectivity index (χ3n) is 4.40. The largest absolute Gasteiger partial charge is 1.00 e. The SMILES string of the molecule is C[N+]1(C)CCN(c2cc[n+](Cc3ccccc3)cc2)CC1.[Cl-].[Cl-]. The van der Waals surface area contributed by atoms with Crippen molar-refractivity contribution in [3.8, 4) is 0 Å². The average Bonchev–Trinajstić information content (AvgIpc) is 2.49. The molecule has 0 atom stereocenters. The highest BCUT2D eigenvalue weighted by Gasteiger charge is 2.24. The van der Waals surface area contributed by atoms with Crippen LogP contribution in [-0.2, 0) is 6.54 Å². The summed E-state index contributed by atoms with van der Waals surface area (Å²) in [6.07, 6.45) is 4.38. The van der Waals surface area contributed by atoms with Crippen molar-refractivity contribution >= 4 is 5.69 Å². The van der Waals surface area contributed by atoms with E-state index >= 15 is 0 Å². The van der Waals surface area contributed by atoms with E-state index in [1.807, 2.05) is 0 Å². The van der Waals surface area contributed by atoms with E-state index < -0.39 is 0 Å². The molecule has 0 spiro atoms. The van der Waals surface area contributed by atoms with Crippen LogP contribution in [-0.4, -0.2) is 44.8 Å². The molecule has 3 rings (SSSR count). The number of nitrogens with zero attached hydrogens (tertiary/aromatic N) is 3. The first-order chi connectivity index (χ1) is 10.1. The number of halogens is 2. The number of piperazine rings is 1. The number of likely N-dealkylation sites (N-methyl/N-ethyl adjacent to an activating group) is 1. The Morgan fingerprint density at radius 1 is 0.913 bits per heavy atom. The summed E-state index contributed by atoms with van der Waals surface area (Å²) in [5.41, 5.74) is 2.69. The lowest BCUT2D eigenvalue weighted by Gasteiger charge is -2.39. The van der Waals surface area contributed by atoms with Crippen LogP contribution in [0.2, 0.25) is 0 Å². The predicted molar refractivity (Wildman–Crippen MR) is 86.2 cm³/mol. The van der Waals surface area contributed by atoms with Crippen LogP contribution in [0.4, 0.5) is 5.69 Å². The molecule has 0 amide bonds. The number of benzene rings is 1. The number of pyridine rings is 1. The third kappa shape index (κ3) is 5.38. The molecule has 1 saturated heterocycles. The summed E-state index contributed by atoms with van der Waals surface area (Å²) in [6.45, 7) is 5.67. The van der Waals surface area contributed by atoms with Crippen LogP contribution in [0.25, 0.3) is 0 Å². The van der Waals surface area contributed by atoms with E-state index in [2.05, 4.69) is 78.4 Å². The molecule has 1 aliphatic rings. The van der Waals surface area contributed by atoms with Crippen molar-refractivity contribution < 1.29 is 33.9 Å².